The maximum absolute atomic E-state index is 13.2. The number of nitrogens with zero attached hydrogens (tertiary/aromatic N) is 1. The number of ether oxygens (including phenoxy) is 1. The second-order valence-corrected chi connectivity index (χ2v) is 9.54. The molecule has 164 valence electrons. The Hall–Kier alpha value is -2.75. The highest BCUT2D eigenvalue weighted by Gasteiger charge is 2.24. The van der Waals surface area contributed by atoms with E-state index in [1.165, 1.54) is 58.1 Å². The second-order valence-electron chi connectivity index (χ2n) is 6.69. The van der Waals surface area contributed by atoms with Gasteiger partial charge in [0.15, 0.2) is 5.75 Å². The lowest BCUT2D eigenvalue weighted by molar-refractivity contribution is 0.102. The third-order valence-corrected chi connectivity index (χ3v) is 7.71. The Balaban J connectivity index is 2.02. The molecule has 0 bridgehead atoms. The van der Waals surface area contributed by atoms with Crippen molar-refractivity contribution >= 4 is 33.0 Å². The number of sulfonamides is 1. The minimum atomic E-state index is -3.74. The summed E-state index contributed by atoms with van der Waals surface area (Å²) in [6, 6.07) is 11.5. The first-order valence-electron chi connectivity index (χ1n) is 9.69. The summed E-state index contributed by atoms with van der Waals surface area (Å²) >= 11 is 1.29. The van der Waals surface area contributed by atoms with Crippen molar-refractivity contribution in [2.75, 3.05) is 18.4 Å². The van der Waals surface area contributed by atoms with Crippen molar-refractivity contribution in [2.24, 2.45) is 0 Å². The van der Waals surface area contributed by atoms with Crippen LogP contribution in [0, 0.1) is 12.7 Å². The molecule has 0 fully saturated rings. The van der Waals surface area contributed by atoms with Gasteiger partial charge in [-0.2, -0.15) is 4.31 Å². The summed E-state index contributed by atoms with van der Waals surface area (Å²) in [4.78, 5) is 13.3. The molecule has 9 heteroatoms. The number of anilines is 1. The topological polar surface area (TPSA) is 75.7 Å². The monoisotopic (exact) mass is 462 g/mol. The molecule has 0 aliphatic rings. The smallest absolute Gasteiger partial charge is 0.266 e. The lowest BCUT2D eigenvalue weighted by Gasteiger charge is -2.20. The second kappa shape index (κ2) is 9.59. The van der Waals surface area contributed by atoms with Crippen molar-refractivity contribution in [3.63, 3.8) is 0 Å². The Morgan fingerprint density at radius 3 is 2.35 bits per heavy atom. The number of hydrogen-bond acceptors (Lipinski definition) is 5. The van der Waals surface area contributed by atoms with Gasteiger partial charge in [-0.05, 0) is 66.4 Å². The van der Waals surface area contributed by atoms with E-state index >= 15 is 0 Å². The molecule has 0 aliphatic heterocycles. The number of benzene rings is 2. The van der Waals surface area contributed by atoms with Gasteiger partial charge in [-0.25, -0.2) is 12.8 Å². The van der Waals surface area contributed by atoms with E-state index in [-0.39, 0.29) is 22.2 Å². The zero-order valence-corrected chi connectivity index (χ0v) is 19.0. The van der Waals surface area contributed by atoms with Crippen LogP contribution >= 0.6 is 11.3 Å². The summed E-state index contributed by atoms with van der Waals surface area (Å²) in [6.07, 6.45) is 0. The van der Waals surface area contributed by atoms with Gasteiger partial charge in [-0.15, -0.1) is 11.3 Å². The lowest BCUT2D eigenvalue weighted by atomic mass is 10.2. The summed E-state index contributed by atoms with van der Waals surface area (Å²) in [5, 5.41) is 4.57. The van der Waals surface area contributed by atoms with Crippen LogP contribution in [0.2, 0.25) is 0 Å². The Morgan fingerprint density at radius 1 is 1.10 bits per heavy atom. The van der Waals surface area contributed by atoms with Gasteiger partial charge >= 0.3 is 0 Å². The molecule has 0 radical (unpaired) electrons. The van der Waals surface area contributed by atoms with Crippen LogP contribution in [0.1, 0.15) is 29.1 Å². The first kappa shape index (κ1) is 22.9. The molecule has 0 saturated carbocycles. The van der Waals surface area contributed by atoms with Crippen LogP contribution < -0.4 is 10.1 Å². The quantitative estimate of drug-likeness (QED) is 0.495. The highest BCUT2D eigenvalue weighted by Crippen LogP contribution is 2.33. The minimum absolute atomic E-state index is 0.0425. The van der Waals surface area contributed by atoms with E-state index in [0.717, 1.165) is 5.56 Å². The number of hydrogen-bond donors (Lipinski definition) is 1. The molecule has 1 heterocycles. The van der Waals surface area contributed by atoms with E-state index in [9.17, 15) is 17.6 Å². The van der Waals surface area contributed by atoms with Crippen LogP contribution in [0.4, 0.5) is 10.1 Å². The number of aryl methyl sites for hydroxylation is 1. The predicted molar refractivity (Wildman–Crippen MR) is 120 cm³/mol. The molecule has 3 aromatic rings. The fourth-order valence-corrected chi connectivity index (χ4v) is 5.29. The first-order chi connectivity index (χ1) is 14.8. The molecule has 1 N–H and O–H groups in total. The van der Waals surface area contributed by atoms with Crippen molar-refractivity contribution in [3.8, 4) is 11.5 Å². The average molecular weight is 463 g/mol. The van der Waals surface area contributed by atoms with Gasteiger partial charge in [0.05, 0.1) is 15.5 Å². The average Bonchev–Trinajstić information content (AvgIpc) is 3.17. The number of carbonyl (C=O) groups excluding carboxylic acids is 1. The van der Waals surface area contributed by atoms with Crippen LogP contribution in [0.5, 0.6) is 11.5 Å². The van der Waals surface area contributed by atoms with E-state index in [0.29, 0.717) is 23.7 Å². The van der Waals surface area contributed by atoms with Gasteiger partial charge in [0.2, 0.25) is 10.0 Å². The molecule has 0 saturated heterocycles. The molecule has 31 heavy (non-hydrogen) atoms. The summed E-state index contributed by atoms with van der Waals surface area (Å²) in [6.45, 7) is 5.98. The molecular formula is C22H23FN2O4S2. The van der Waals surface area contributed by atoms with Gasteiger partial charge in [0.1, 0.15) is 11.6 Å². The number of nitrogens with one attached hydrogen (secondary N) is 1. The predicted octanol–water partition coefficient (Wildman–Crippen LogP) is 5.27. The summed E-state index contributed by atoms with van der Waals surface area (Å²) in [5.74, 6) is -0.181. The number of rotatable bonds is 8. The van der Waals surface area contributed by atoms with Crippen molar-refractivity contribution in [1.82, 2.24) is 4.31 Å². The third-order valence-electron chi connectivity index (χ3n) is 4.65. The van der Waals surface area contributed by atoms with Gasteiger partial charge in [-0.1, -0.05) is 13.8 Å². The van der Waals surface area contributed by atoms with Gasteiger partial charge < -0.3 is 10.1 Å². The number of halogens is 1. The lowest BCUT2D eigenvalue weighted by Crippen LogP contribution is -2.30. The van der Waals surface area contributed by atoms with E-state index < -0.39 is 15.8 Å². The maximum atomic E-state index is 13.2. The van der Waals surface area contributed by atoms with Crippen LogP contribution in [-0.4, -0.2) is 31.7 Å². The van der Waals surface area contributed by atoms with Crippen LogP contribution in [0.25, 0.3) is 0 Å². The Morgan fingerprint density at radius 2 is 1.77 bits per heavy atom. The molecule has 2 aromatic carbocycles. The third kappa shape index (κ3) is 5.12. The summed E-state index contributed by atoms with van der Waals surface area (Å²) < 4.78 is 46.3. The zero-order chi connectivity index (χ0) is 22.6. The van der Waals surface area contributed by atoms with Crippen LogP contribution in [-0.2, 0) is 10.0 Å². The molecule has 6 nitrogen and oxygen atoms in total. The van der Waals surface area contributed by atoms with E-state index in [2.05, 4.69) is 5.32 Å². The highest BCUT2D eigenvalue weighted by atomic mass is 32.2. The van der Waals surface area contributed by atoms with Crippen molar-refractivity contribution in [1.29, 1.82) is 0 Å². The fourth-order valence-electron chi connectivity index (χ4n) is 2.98. The van der Waals surface area contributed by atoms with Crippen molar-refractivity contribution < 1.29 is 22.3 Å². The first-order valence-corrected chi connectivity index (χ1v) is 12.0. The standard InChI is InChI=1S/C22H23FN2O4S2/c1-4-25(5-2)31(27,28)18-10-11-20(29-17-8-6-16(23)7-9-17)19(14-18)24-22(26)21-15(3)12-13-30-21/h6-14H,4-5H2,1-3H3,(H,24,26). The van der Waals surface area contributed by atoms with Gasteiger partial charge in [0.25, 0.3) is 5.91 Å². The number of carbonyl (C=O) groups is 1. The molecule has 0 aliphatic carbocycles. The Bertz CT molecular complexity index is 1170. The molecule has 3 rings (SSSR count). The summed E-state index contributed by atoms with van der Waals surface area (Å²) in [5.41, 5.74) is 1.02. The number of amides is 1. The molecule has 1 amide bonds. The van der Waals surface area contributed by atoms with Crippen molar-refractivity contribution in [3.05, 3.63) is 70.2 Å². The largest absolute Gasteiger partial charge is 0.455 e. The van der Waals surface area contributed by atoms with Crippen molar-refractivity contribution in [2.45, 2.75) is 25.7 Å². The summed E-state index contributed by atoms with van der Waals surface area (Å²) in [7, 11) is -3.74. The fraction of sp³-hybridized carbons (Fsp3) is 0.227. The Kier molecular flexibility index (Phi) is 7.09. The SMILES string of the molecule is CCN(CC)S(=O)(=O)c1ccc(Oc2ccc(F)cc2)c(NC(=O)c2sccc2C)c1. The molecule has 0 unspecified atom stereocenters. The van der Waals surface area contributed by atoms with E-state index in [1.807, 2.05) is 13.0 Å². The minimum Gasteiger partial charge on any atom is -0.455 e. The van der Waals surface area contributed by atoms with Crippen LogP contribution in [0.15, 0.2) is 58.8 Å². The Labute approximate surface area is 185 Å². The molecule has 0 atom stereocenters. The zero-order valence-electron chi connectivity index (χ0n) is 17.4. The van der Waals surface area contributed by atoms with Gasteiger partial charge in [0, 0.05) is 13.1 Å². The van der Waals surface area contributed by atoms with Crippen LogP contribution in [0.3, 0.4) is 0 Å². The van der Waals surface area contributed by atoms with Gasteiger partial charge in [-0.3, -0.25) is 4.79 Å². The molecular weight excluding hydrogens is 439 g/mol. The maximum Gasteiger partial charge on any atom is 0.266 e. The number of thiophene rings is 1. The van der Waals surface area contributed by atoms with E-state index in [1.54, 1.807) is 19.2 Å². The molecule has 1 aromatic heterocycles. The van der Waals surface area contributed by atoms with E-state index in [4.69, 9.17) is 4.74 Å². The highest BCUT2D eigenvalue weighted by molar-refractivity contribution is 7.89. The normalized spacial score (nSPS) is 11.5. The molecule has 0 spiro atoms.